The van der Waals surface area contributed by atoms with E-state index in [1.807, 2.05) is 72.8 Å². The quantitative estimate of drug-likeness (QED) is 0.218. The maximum Gasteiger partial charge on any atom is 0.248 e. The molecular weight excluding hydrogens is 530 g/mol. The first-order chi connectivity index (χ1) is 21.3. The summed E-state index contributed by atoms with van der Waals surface area (Å²) in [5.74, 6) is 1.46. The molecule has 4 heterocycles. The highest BCUT2D eigenvalue weighted by Gasteiger charge is 2.22. The number of hydrogen-bond donors (Lipinski definition) is 0. The second-order valence-corrected chi connectivity index (χ2v) is 10.6. The Morgan fingerprint density at radius 3 is 1.84 bits per heavy atom. The van der Waals surface area contributed by atoms with Crippen molar-refractivity contribution in [3.63, 3.8) is 0 Å². The minimum absolute atomic E-state index is 0.623. The van der Waals surface area contributed by atoms with Crippen LogP contribution in [0.5, 0.6) is 0 Å². The maximum absolute atomic E-state index is 6.17. The molecule has 0 N–H and O–H groups in total. The van der Waals surface area contributed by atoms with Crippen LogP contribution >= 0.6 is 0 Å². The van der Waals surface area contributed by atoms with Gasteiger partial charge in [-0.3, -0.25) is 8.97 Å². The summed E-state index contributed by atoms with van der Waals surface area (Å²) < 4.78 is 10.6. The van der Waals surface area contributed by atoms with E-state index in [-0.39, 0.29) is 0 Å². The standard InChI is InChI=1S/C37H23N5O/c1-4-12-24(13-5-1)29-23-30(25-14-6-2-7-15-25)39-35(38-29)26-20-21-31-32(22-26)41(27-16-8-3-9-17-27)37-40-36-34(42(31)37)28-18-10-11-19-33(28)43-36/h1-23H. The van der Waals surface area contributed by atoms with Gasteiger partial charge in [-0.2, -0.15) is 4.98 Å². The Balaban J connectivity index is 1.33. The molecule has 202 valence electrons. The van der Waals surface area contributed by atoms with E-state index >= 15 is 0 Å². The summed E-state index contributed by atoms with van der Waals surface area (Å²) in [4.78, 5) is 15.2. The first kappa shape index (κ1) is 23.7. The Hall–Kier alpha value is -6.01. The number of fused-ring (bicyclic) bond motifs is 7. The third-order valence-electron chi connectivity index (χ3n) is 7.97. The van der Waals surface area contributed by atoms with Gasteiger partial charge in [-0.15, -0.1) is 0 Å². The molecule has 6 heteroatoms. The maximum atomic E-state index is 6.17. The molecule has 0 bridgehead atoms. The summed E-state index contributed by atoms with van der Waals surface area (Å²) in [6.45, 7) is 0. The second kappa shape index (κ2) is 9.26. The van der Waals surface area contributed by atoms with Crippen molar-refractivity contribution in [3.8, 4) is 39.6 Å². The normalized spacial score (nSPS) is 11.7. The van der Waals surface area contributed by atoms with Crippen LogP contribution in [0.4, 0.5) is 0 Å². The Kier molecular flexibility index (Phi) is 5.10. The average molecular weight is 554 g/mol. The SMILES string of the molecule is c1ccc(-c2cc(-c3ccccc3)nc(-c3ccc4c(c3)n(-c3ccccc3)c3nc5oc6ccccc6c5n43)n2)cc1. The molecular formula is C37H23N5O. The third-order valence-corrected chi connectivity index (χ3v) is 7.97. The number of nitrogens with zero attached hydrogens (tertiary/aromatic N) is 5. The highest BCUT2D eigenvalue weighted by molar-refractivity contribution is 6.06. The number of furan rings is 1. The van der Waals surface area contributed by atoms with Crippen LogP contribution in [0.3, 0.4) is 0 Å². The largest absolute Gasteiger partial charge is 0.436 e. The van der Waals surface area contributed by atoms with Crippen molar-refractivity contribution >= 4 is 39.0 Å². The van der Waals surface area contributed by atoms with Gasteiger partial charge < -0.3 is 4.42 Å². The van der Waals surface area contributed by atoms with E-state index in [9.17, 15) is 0 Å². The van der Waals surface area contributed by atoms with Crippen molar-refractivity contribution in [1.29, 1.82) is 0 Å². The molecule has 43 heavy (non-hydrogen) atoms. The molecule has 0 fully saturated rings. The minimum Gasteiger partial charge on any atom is -0.436 e. The zero-order valence-electron chi connectivity index (χ0n) is 22.9. The number of aromatic nitrogens is 5. The van der Waals surface area contributed by atoms with Crippen molar-refractivity contribution in [2.75, 3.05) is 0 Å². The van der Waals surface area contributed by atoms with Crippen LogP contribution in [-0.2, 0) is 0 Å². The lowest BCUT2D eigenvalue weighted by atomic mass is 10.1. The molecule has 0 radical (unpaired) electrons. The number of imidazole rings is 2. The molecule has 0 amide bonds. The van der Waals surface area contributed by atoms with E-state index in [0.717, 1.165) is 67.1 Å². The molecule has 0 aliphatic carbocycles. The molecule has 9 rings (SSSR count). The average Bonchev–Trinajstić information content (AvgIpc) is 3.72. The van der Waals surface area contributed by atoms with Gasteiger partial charge in [0.15, 0.2) is 5.82 Å². The first-order valence-electron chi connectivity index (χ1n) is 14.2. The molecule has 5 aromatic carbocycles. The Morgan fingerprint density at radius 1 is 0.512 bits per heavy atom. The Labute approximate surface area is 246 Å². The summed E-state index contributed by atoms with van der Waals surface area (Å²) in [7, 11) is 0. The van der Waals surface area contributed by atoms with Crippen LogP contribution in [-0.4, -0.2) is 23.9 Å². The van der Waals surface area contributed by atoms with Crippen LogP contribution in [0, 0.1) is 0 Å². The molecule has 0 saturated carbocycles. The fraction of sp³-hybridized carbons (Fsp3) is 0. The first-order valence-corrected chi connectivity index (χ1v) is 14.2. The lowest BCUT2D eigenvalue weighted by Crippen LogP contribution is -1.97. The Bertz CT molecular complexity index is 2380. The zero-order valence-corrected chi connectivity index (χ0v) is 22.9. The Morgan fingerprint density at radius 2 is 1.14 bits per heavy atom. The number of para-hydroxylation sites is 2. The number of hydrogen-bond acceptors (Lipinski definition) is 4. The van der Waals surface area contributed by atoms with E-state index in [4.69, 9.17) is 19.4 Å². The van der Waals surface area contributed by atoms with E-state index in [1.54, 1.807) is 0 Å². The molecule has 0 aliphatic rings. The van der Waals surface area contributed by atoms with Crippen molar-refractivity contribution in [2.45, 2.75) is 0 Å². The lowest BCUT2D eigenvalue weighted by Gasteiger charge is -2.10. The monoisotopic (exact) mass is 553 g/mol. The minimum atomic E-state index is 0.623. The van der Waals surface area contributed by atoms with Crippen LogP contribution in [0.15, 0.2) is 144 Å². The smallest absolute Gasteiger partial charge is 0.248 e. The van der Waals surface area contributed by atoms with E-state index in [1.165, 1.54) is 0 Å². The van der Waals surface area contributed by atoms with Gasteiger partial charge in [0.2, 0.25) is 11.5 Å². The topological polar surface area (TPSA) is 61.2 Å². The number of rotatable bonds is 4. The molecule has 0 atom stereocenters. The third kappa shape index (κ3) is 3.70. The summed E-state index contributed by atoms with van der Waals surface area (Å²) >= 11 is 0. The molecule has 6 nitrogen and oxygen atoms in total. The number of benzene rings is 5. The molecule has 4 aromatic heterocycles. The molecule has 0 aliphatic heterocycles. The zero-order chi connectivity index (χ0) is 28.3. The summed E-state index contributed by atoms with van der Waals surface area (Å²) in [6.07, 6.45) is 0. The van der Waals surface area contributed by atoms with Crippen LogP contribution < -0.4 is 0 Å². The predicted molar refractivity (Wildman–Crippen MR) is 171 cm³/mol. The van der Waals surface area contributed by atoms with Crippen molar-refractivity contribution in [2.24, 2.45) is 0 Å². The fourth-order valence-corrected chi connectivity index (χ4v) is 5.99. The van der Waals surface area contributed by atoms with Gasteiger partial charge in [-0.1, -0.05) is 91.0 Å². The van der Waals surface area contributed by atoms with Crippen molar-refractivity contribution < 1.29 is 4.42 Å². The van der Waals surface area contributed by atoms with E-state index in [2.05, 4.69) is 75.7 Å². The van der Waals surface area contributed by atoms with Gasteiger partial charge >= 0.3 is 0 Å². The van der Waals surface area contributed by atoms with Crippen LogP contribution in [0.25, 0.3) is 78.6 Å². The fourth-order valence-electron chi connectivity index (χ4n) is 5.99. The van der Waals surface area contributed by atoms with E-state index in [0.29, 0.717) is 11.5 Å². The molecule has 0 saturated heterocycles. The molecule has 0 spiro atoms. The van der Waals surface area contributed by atoms with Gasteiger partial charge in [0.25, 0.3) is 0 Å². The van der Waals surface area contributed by atoms with Gasteiger partial charge in [0.05, 0.1) is 22.4 Å². The predicted octanol–water partition coefficient (Wildman–Crippen LogP) is 8.97. The van der Waals surface area contributed by atoms with E-state index < -0.39 is 0 Å². The van der Waals surface area contributed by atoms with Crippen LogP contribution in [0.2, 0.25) is 0 Å². The van der Waals surface area contributed by atoms with Gasteiger partial charge in [-0.05, 0) is 48.5 Å². The second-order valence-electron chi connectivity index (χ2n) is 10.6. The highest BCUT2D eigenvalue weighted by Crippen LogP contribution is 2.36. The van der Waals surface area contributed by atoms with Gasteiger partial charge in [0.1, 0.15) is 11.1 Å². The summed E-state index contributed by atoms with van der Waals surface area (Å²) in [6, 6.07) is 47.4. The van der Waals surface area contributed by atoms with Crippen LogP contribution in [0.1, 0.15) is 0 Å². The molecule has 0 unspecified atom stereocenters. The summed E-state index contributed by atoms with van der Waals surface area (Å²) in [5, 5.41) is 1.03. The lowest BCUT2D eigenvalue weighted by molar-refractivity contribution is 0.656. The van der Waals surface area contributed by atoms with Gasteiger partial charge in [0, 0.05) is 27.8 Å². The summed E-state index contributed by atoms with van der Waals surface area (Å²) in [5.41, 5.74) is 10.2. The van der Waals surface area contributed by atoms with Gasteiger partial charge in [-0.25, -0.2) is 9.97 Å². The molecule has 9 aromatic rings. The van der Waals surface area contributed by atoms with Crippen molar-refractivity contribution in [3.05, 3.63) is 140 Å². The highest BCUT2D eigenvalue weighted by atomic mass is 16.3. The van der Waals surface area contributed by atoms with Crippen molar-refractivity contribution in [1.82, 2.24) is 23.9 Å².